The van der Waals surface area contributed by atoms with E-state index in [-0.39, 0.29) is 17.0 Å². The molecule has 1 atom stereocenters. The predicted octanol–water partition coefficient (Wildman–Crippen LogP) is 6.34. The Kier molecular flexibility index (Phi) is 8.60. The number of amides is 1. The van der Waals surface area contributed by atoms with Gasteiger partial charge in [-0.1, -0.05) is 43.0 Å². The smallest absolute Gasteiger partial charge is 0.335 e. The highest BCUT2D eigenvalue weighted by atomic mass is 127. The lowest BCUT2D eigenvalue weighted by atomic mass is 10.1. The molecule has 6 nitrogen and oxygen atoms in total. The highest BCUT2D eigenvalue weighted by Crippen LogP contribution is 2.34. The summed E-state index contributed by atoms with van der Waals surface area (Å²) in [5.74, 6) is -0.296. The molecule has 1 aliphatic rings. The summed E-state index contributed by atoms with van der Waals surface area (Å²) in [4.78, 5) is 24.2. The number of benzene rings is 3. The SMILES string of the molecule is CCc1ccc(N[C@H]2NC(=O)/C(=C/c3cc(I)c(OCc4ccc(C(=O)O)cc4)c(I)c3)S2)cc1. The Bertz CT molecular complexity index is 1250. The van der Waals surface area contributed by atoms with Gasteiger partial charge in [-0.2, -0.15) is 0 Å². The minimum Gasteiger partial charge on any atom is -0.487 e. The van der Waals surface area contributed by atoms with Gasteiger partial charge in [0.2, 0.25) is 0 Å². The average molecular weight is 712 g/mol. The fraction of sp³-hybridized carbons (Fsp3) is 0.154. The van der Waals surface area contributed by atoms with Crippen LogP contribution in [0.2, 0.25) is 0 Å². The fourth-order valence-corrected chi connectivity index (χ4v) is 6.52. The van der Waals surface area contributed by atoms with E-state index in [2.05, 4.69) is 74.9 Å². The third-order valence-electron chi connectivity index (χ3n) is 5.29. The molecule has 3 aromatic carbocycles. The van der Waals surface area contributed by atoms with Gasteiger partial charge in [-0.25, -0.2) is 4.79 Å². The number of hydrogen-bond donors (Lipinski definition) is 3. The molecule has 1 saturated heterocycles. The van der Waals surface area contributed by atoms with Crippen LogP contribution in [0, 0.1) is 7.14 Å². The number of anilines is 1. The maximum atomic E-state index is 12.5. The van der Waals surface area contributed by atoms with Crippen molar-refractivity contribution in [2.75, 3.05) is 5.32 Å². The lowest BCUT2D eigenvalue weighted by molar-refractivity contribution is -0.116. The largest absolute Gasteiger partial charge is 0.487 e. The summed E-state index contributed by atoms with van der Waals surface area (Å²) in [6, 6.07) is 18.8. The molecule has 3 aromatic rings. The standard InChI is InChI=1S/C26H22I2N2O4S/c1-2-15-5-9-19(10-6-15)29-26-30-24(31)22(35-26)13-17-11-20(27)23(21(28)12-17)34-14-16-3-7-18(8-4-16)25(32)33/h3-13,26,29H,2,14H2,1H3,(H,30,31)(H,32,33)/b22-13-/t26-/m0/s1. The molecule has 0 saturated carbocycles. The van der Waals surface area contributed by atoms with Crippen LogP contribution in [-0.2, 0) is 17.8 Å². The molecule has 0 aliphatic carbocycles. The van der Waals surface area contributed by atoms with E-state index in [0.29, 0.717) is 11.5 Å². The van der Waals surface area contributed by atoms with Crippen molar-refractivity contribution in [2.24, 2.45) is 0 Å². The van der Waals surface area contributed by atoms with Crippen LogP contribution in [0.1, 0.15) is 34.0 Å². The lowest BCUT2D eigenvalue weighted by Crippen LogP contribution is -2.30. The van der Waals surface area contributed by atoms with E-state index in [9.17, 15) is 9.59 Å². The highest BCUT2D eigenvalue weighted by molar-refractivity contribution is 14.1. The number of hydrogen-bond acceptors (Lipinski definition) is 5. The molecule has 1 heterocycles. The summed E-state index contributed by atoms with van der Waals surface area (Å²) < 4.78 is 7.88. The van der Waals surface area contributed by atoms with Gasteiger partial charge in [-0.3, -0.25) is 4.79 Å². The average Bonchev–Trinajstić information content (AvgIpc) is 3.17. The number of carbonyl (C=O) groups excluding carboxylic acids is 1. The maximum Gasteiger partial charge on any atom is 0.335 e. The van der Waals surface area contributed by atoms with E-state index in [1.165, 1.54) is 17.3 Å². The molecule has 4 rings (SSSR count). The number of carbonyl (C=O) groups is 2. The van der Waals surface area contributed by atoms with Crippen LogP contribution >= 0.6 is 56.9 Å². The zero-order chi connectivity index (χ0) is 24.9. The van der Waals surface area contributed by atoms with E-state index >= 15 is 0 Å². The van der Waals surface area contributed by atoms with Crippen LogP contribution < -0.4 is 15.4 Å². The summed E-state index contributed by atoms with van der Waals surface area (Å²) in [5, 5.41) is 15.3. The molecule has 9 heteroatoms. The van der Waals surface area contributed by atoms with Crippen molar-refractivity contribution in [1.82, 2.24) is 5.32 Å². The molecule has 3 N–H and O–H groups in total. The number of carboxylic acids is 1. The van der Waals surface area contributed by atoms with Gasteiger partial charge in [0.05, 0.1) is 17.6 Å². The van der Waals surface area contributed by atoms with E-state index < -0.39 is 5.97 Å². The van der Waals surface area contributed by atoms with Gasteiger partial charge >= 0.3 is 5.97 Å². The van der Waals surface area contributed by atoms with Gasteiger partial charge in [0.1, 0.15) is 12.4 Å². The van der Waals surface area contributed by atoms with Crippen molar-refractivity contribution in [1.29, 1.82) is 0 Å². The molecular weight excluding hydrogens is 690 g/mol. The molecule has 180 valence electrons. The normalized spacial score (nSPS) is 16.3. The van der Waals surface area contributed by atoms with Crippen LogP contribution in [0.15, 0.2) is 65.6 Å². The second kappa shape index (κ2) is 11.7. The molecule has 35 heavy (non-hydrogen) atoms. The van der Waals surface area contributed by atoms with Crippen LogP contribution in [0.3, 0.4) is 0 Å². The molecule has 0 bridgehead atoms. The Labute approximate surface area is 235 Å². The van der Waals surface area contributed by atoms with Crippen molar-refractivity contribution in [3.8, 4) is 5.75 Å². The van der Waals surface area contributed by atoms with E-state index in [1.807, 2.05) is 30.3 Å². The number of carboxylic acid groups (broad SMARTS) is 1. The van der Waals surface area contributed by atoms with Crippen LogP contribution in [-0.4, -0.2) is 22.5 Å². The fourth-order valence-electron chi connectivity index (χ4n) is 3.40. The van der Waals surface area contributed by atoms with Gasteiger partial charge in [0.25, 0.3) is 5.91 Å². The topological polar surface area (TPSA) is 87.7 Å². The van der Waals surface area contributed by atoms with Crippen molar-refractivity contribution < 1.29 is 19.4 Å². The van der Waals surface area contributed by atoms with Gasteiger partial charge in [-0.15, -0.1) is 0 Å². The quantitative estimate of drug-likeness (QED) is 0.187. The molecule has 1 amide bonds. The maximum absolute atomic E-state index is 12.5. The number of ether oxygens (including phenoxy) is 1. The summed E-state index contributed by atoms with van der Waals surface area (Å²) in [5.41, 5.74) is 4.05. The van der Waals surface area contributed by atoms with Crippen molar-refractivity contribution in [2.45, 2.75) is 25.4 Å². The second-order valence-electron chi connectivity index (χ2n) is 7.78. The molecule has 1 aliphatic heterocycles. The number of rotatable bonds is 8. The number of aryl methyl sites for hydroxylation is 1. The van der Waals surface area contributed by atoms with Crippen LogP contribution in [0.25, 0.3) is 6.08 Å². The van der Waals surface area contributed by atoms with Gasteiger partial charge in [0.15, 0.2) is 5.50 Å². The Morgan fingerprint density at radius 1 is 1.09 bits per heavy atom. The lowest BCUT2D eigenvalue weighted by Gasteiger charge is -2.13. The number of thioether (sulfide) groups is 1. The van der Waals surface area contributed by atoms with Crippen LogP contribution in [0.4, 0.5) is 5.69 Å². The number of halogens is 2. The van der Waals surface area contributed by atoms with Crippen molar-refractivity contribution >= 4 is 80.6 Å². The Morgan fingerprint density at radius 2 is 1.71 bits per heavy atom. The van der Waals surface area contributed by atoms with E-state index in [1.54, 1.807) is 24.3 Å². The zero-order valence-corrected chi connectivity index (χ0v) is 23.8. The third-order valence-corrected chi connectivity index (χ3v) is 7.92. The van der Waals surface area contributed by atoms with E-state index in [0.717, 1.165) is 36.1 Å². The minimum absolute atomic E-state index is 0.104. The first-order chi connectivity index (χ1) is 16.8. The number of aromatic carboxylic acids is 1. The summed E-state index contributed by atoms with van der Waals surface area (Å²) in [6.45, 7) is 2.45. The van der Waals surface area contributed by atoms with Gasteiger partial charge in [-0.05, 0) is 111 Å². The first-order valence-corrected chi connectivity index (χ1v) is 13.8. The molecule has 0 unspecified atom stereocenters. The Balaban J connectivity index is 1.42. The van der Waals surface area contributed by atoms with Gasteiger partial charge < -0.3 is 20.5 Å². The molecular formula is C26H22I2N2O4S. The Morgan fingerprint density at radius 3 is 2.31 bits per heavy atom. The zero-order valence-electron chi connectivity index (χ0n) is 18.7. The summed E-state index contributed by atoms with van der Waals surface area (Å²) in [7, 11) is 0. The highest BCUT2D eigenvalue weighted by Gasteiger charge is 2.27. The second-order valence-corrected chi connectivity index (χ2v) is 11.3. The predicted molar refractivity (Wildman–Crippen MR) is 157 cm³/mol. The minimum atomic E-state index is -0.951. The summed E-state index contributed by atoms with van der Waals surface area (Å²) >= 11 is 5.91. The first kappa shape index (κ1) is 25.8. The van der Waals surface area contributed by atoms with Crippen molar-refractivity contribution in [3.05, 3.63) is 95.0 Å². The Hall–Kier alpha value is -2.25. The third kappa shape index (κ3) is 6.70. The van der Waals surface area contributed by atoms with Crippen molar-refractivity contribution in [3.63, 3.8) is 0 Å². The van der Waals surface area contributed by atoms with Gasteiger partial charge in [0, 0.05) is 5.69 Å². The molecule has 0 spiro atoms. The molecule has 1 fully saturated rings. The van der Waals surface area contributed by atoms with E-state index in [4.69, 9.17) is 9.84 Å². The molecule has 0 radical (unpaired) electrons. The first-order valence-electron chi connectivity index (χ1n) is 10.8. The van der Waals surface area contributed by atoms with Crippen LogP contribution in [0.5, 0.6) is 5.75 Å². The number of nitrogens with one attached hydrogen (secondary N) is 2. The molecule has 0 aromatic heterocycles. The monoisotopic (exact) mass is 712 g/mol. The summed E-state index contributed by atoms with van der Waals surface area (Å²) in [6.07, 6.45) is 2.88.